The van der Waals surface area contributed by atoms with E-state index in [1.165, 1.54) is 18.2 Å². The number of hydrogen-bond donors (Lipinski definition) is 2. The molecule has 2 aromatic carbocycles. The van der Waals surface area contributed by atoms with Gasteiger partial charge in [-0.25, -0.2) is 4.98 Å². The Morgan fingerprint density at radius 1 is 1.08 bits per heavy atom. The number of rotatable bonds is 8. The lowest BCUT2D eigenvalue weighted by Gasteiger charge is -2.09. The Kier molecular flexibility index (Phi) is 7.06. The Hall–Kier alpha value is -4.53. The summed E-state index contributed by atoms with van der Waals surface area (Å²) in [7, 11) is 0. The standard InChI is InChI=1S/C21H15ClF3N7O5/c22-13-6-5-11(32(35)36)9-12(13)17(33)26-7-8-27-18(34)19-29-16(30-37-19)10-31-15-4-2-1-3-14(15)28-20(31)21(23,24)25/h1-6,9H,7-8,10H2,(H,26,33)(H,27,34). The highest BCUT2D eigenvalue weighted by Gasteiger charge is 2.38. The van der Waals surface area contributed by atoms with Gasteiger partial charge in [0.2, 0.25) is 5.82 Å². The molecule has 2 N–H and O–H groups in total. The normalized spacial score (nSPS) is 11.5. The molecule has 12 nitrogen and oxygen atoms in total. The van der Waals surface area contributed by atoms with E-state index >= 15 is 0 Å². The maximum absolute atomic E-state index is 13.5. The number of imidazole rings is 1. The van der Waals surface area contributed by atoms with Crippen LogP contribution >= 0.6 is 11.6 Å². The average molecular weight is 538 g/mol. The molecule has 0 aliphatic carbocycles. The number of carbonyl (C=O) groups excluding carboxylic acids is 2. The number of amides is 2. The van der Waals surface area contributed by atoms with E-state index in [-0.39, 0.29) is 46.2 Å². The summed E-state index contributed by atoms with van der Waals surface area (Å²) in [4.78, 5) is 42.2. The summed E-state index contributed by atoms with van der Waals surface area (Å²) in [6.07, 6.45) is -4.73. The van der Waals surface area contributed by atoms with Crippen molar-refractivity contribution in [3.63, 3.8) is 0 Å². The second-order valence-electron chi connectivity index (χ2n) is 7.46. The zero-order valence-electron chi connectivity index (χ0n) is 18.5. The highest BCUT2D eigenvalue weighted by atomic mass is 35.5. The SMILES string of the molecule is O=C(NCCNC(=O)c1cc([N+](=O)[O-])ccc1Cl)c1nc(Cn2c(C(F)(F)F)nc3ccccc32)no1. The van der Waals surface area contributed by atoms with Crippen LogP contribution in [0.2, 0.25) is 5.02 Å². The Bertz CT molecular complexity index is 1500. The van der Waals surface area contributed by atoms with Gasteiger partial charge in [-0.1, -0.05) is 28.9 Å². The fourth-order valence-corrected chi connectivity index (χ4v) is 3.53. The number of fused-ring (bicyclic) bond motifs is 1. The number of nitrogens with one attached hydrogen (secondary N) is 2. The van der Waals surface area contributed by atoms with Gasteiger partial charge in [0.25, 0.3) is 11.6 Å². The fraction of sp³-hybridized carbons (Fsp3) is 0.190. The molecule has 16 heteroatoms. The molecule has 2 aromatic heterocycles. The zero-order valence-corrected chi connectivity index (χ0v) is 19.2. The second kappa shape index (κ2) is 10.2. The molecule has 0 radical (unpaired) electrons. The van der Waals surface area contributed by atoms with E-state index in [1.54, 1.807) is 12.1 Å². The van der Waals surface area contributed by atoms with Crippen LogP contribution in [0.4, 0.5) is 18.9 Å². The summed E-state index contributed by atoms with van der Waals surface area (Å²) in [6, 6.07) is 9.39. The number of alkyl halides is 3. The monoisotopic (exact) mass is 537 g/mol. The molecule has 0 aliphatic heterocycles. The van der Waals surface area contributed by atoms with Crippen molar-refractivity contribution in [2.75, 3.05) is 13.1 Å². The van der Waals surface area contributed by atoms with Crippen molar-refractivity contribution in [2.24, 2.45) is 0 Å². The average Bonchev–Trinajstić information content (AvgIpc) is 3.47. The lowest BCUT2D eigenvalue weighted by molar-refractivity contribution is -0.384. The molecule has 37 heavy (non-hydrogen) atoms. The maximum Gasteiger partial charge on any atom is 0.449 e. The van der Waals surface area contributed by atoms with Crippen LogP contribution in [0.15, 0.2) is 47.0 Å². The van der Waals surface area contributed by atoms with E-state index in [0.717, 1.165) is 16.7 Å². The summed E-state index contributed by atoms with van der Waals surface area (Å²) >= 11 is 5.91. The van der Waals surface area contributed by atoms with Crippen molar-refractivity contribution in [2.45, 2.75) is 12.7 Å². The van der Waals surface area contributed by atoms with Gasteiger partial charge in [0.15, 0.2) is 5.82 Å². The lowest BCUT2D eigenvalue weighted by Crippen LogP contribution is -2.35. The molecule has 0 saturated carbocycles. The summed E-state index contributed by atoms with van der Waals surface area (Å²) in [5.74, 6) is -3.36. The van der Waals surface area contributed by atoms with E-state index < -0.39 is 41.2 Å². The molecule has 0 bridgehead atoms. The van der Waals surface area contributed by atoms with Crippen LogP contribution in [0.1, 0.15) is 32.7 Å². The van der Waals surface area contributed by atoms with Crippen molar-refractivity contribution in [3.8, 4) is 0 Å². The number of hydrogen-bond acceptors (Lipinski definition) is 8. The molecule has 2 heterocycles. The second-order valence-corrected chi connectivity index (χ2v) is 7.86. The number of para-hydroxylation sites is 2. The highest BCUT2D eigenvalue weighted by molar-refractivity contribution is 6.33. The Morgan fingerprint density at radius 2 is 1.78 bits per heavy atom. The first-order valence-corrected chi connectivity index (χ1v) is 10.8. The number of aromatic nitrogens is 4. The van der Waals surface area contributed by atoms with E-state index in [1.807, 2.05) is 0 Å². The number of benzene rings is 2. The first kappa shape index (κ1) is 25.6. The third-order valence-electron chi connectivity index (χ3n) is 4.97. The van der Waals surface area contributed by atoms with Gasteiger partial charge in [-0.05, 0) is 18.2 Å². The molecule has 0 spiro atoms. The molecule has 0 unspecified atom stereocenters. The Balaban J connectivity index is 1.36. The van der Waals surface area contributed by atoms with E-state index in [9.17, 15) is 32.9 Å². The molecule has 0 atom stereocenters. The van der Waals surface area contributed by atoms with Gasteiger partial charge in [-0.2, -0.15) is 18.2 Å². The number of carbonyl (C=O) groups is 2. The smallest absolute Gasteiger partial charge is 0.350 e. The molecular formula is C21H15ClF3N7O5. The number of halogens is 4. The predicted molar refractivity (Wildman–Crippen MR) is 121 cm³/mol. The highest BCUT2D eigenvalue weighted by Crippen LogP contribution is 2.31. The van der Waals surface area contributed by atoms with Gasteiger partial charge in [-0.15, -0.1) is 0 Å². The van der Waals surface area contributed by atoms with Crippen molar-refractivity contribution in [1.82, 2.24) is 30.3 Å². The van der Waals surface area contributed by atoms with Gasteiger partial charge in [0.05, 0.1) is 33.1 Å². The van der Waals surface area contributed by atoms with E-state index in [4.69, 9.17) is 16.1 Å². The summed E-state index contributed by atoms with van der Waals surface area (Å²) < 4.78 is 46.1. The van der Waals surface area contributed by atoms with Gasteiger partial charge in [-0.3, -0.25) is 19.7 Å². The number of nitro groups is 1. The molecule has 192 valence electrons. The largest absolute Gasteiger partial charge is 0.449 e. The van der Waals surface area contributed by atoms with Crippen molar-refractivity contribution in [3.05, 3.63) is 80.7 Å². The number of nitrogens with zero attached hydrogens (tertiary/aromatic N) is 5. The van der Waals surface area contributed by atoms with Crippen LogP contribution < -0.4 is 10.6 Å². The topological polar surface area (TPSA) is 158 Å². The minimum absolute atomic E-state index is 0.00451. The molecule has 4 rings (SSSR count). The van der Waals surface area contributed by atoms with Crippen LogP contribution in [-0.2, 0) is 12.7 Å². The molecule has 2 amide bonds. The van der Waals surface area contributed by atoms with Crippen molar-refractivity contribution in [1.29, 1.82) is 0 Å². The van der Waals surface area contributed by atoms with Gasteiger partial charge >= 0.3 is 18.0 Å². The van der Waals surface area contributed by atoms with Crippen LogP contribution in [0.3, 0.4) is 0 Å². The quantitative estimate of drug-likeness (QED) is 0.197. The van der Waals surface area contributed by atoms with E-state index in [0.29, 0.717) is 0 Å². The number of non-ortho nitro benzene ring substituents is 1. The molecule has 0 aliphatic rings. The van der Waals surface area contributed by atoms with Crippen LogP contribution in [0, 0.1) is 10.1 Å². The Labute approximate surface area is 209 Å². The van der Waals surface area contributed by atoms with Gasteiger partial charge in [0, 0.05) is 25.2 Å². The van der Waals surface area contributed by atoms with Crippen molar-refractivity contribution >= 4 is 40.1 Å². The number of nitro benzene ring substituents is 1. The third-order valence-corrected chi connectivity index (χ3v) is 5.30. The van der Waals surface area contributed by atoms with Crippen LogP contribution in [0.25, 0.3) is 11.0 Å². The first-order valence-electron chi connectivity index (χ1n) is 10.4. The fourth-order valence-electron chi connectivity index (χ4n) is 3.33. The van der Waals surface area contributed by atoms with Crippen LogP contribution in [0.5, 0.6) is 0 Å². The Morgan fingerprint density at radius 3 is 2.49 bits per heavy atom. The lowest BCUT2D eigenvalue weighted by atomic mass is 10.2. The van der Waals surface area contributed by atoms with Crippen LogP contribution in [-0.4, -0.2) is 49.5 Å². The summed E-state index contributed by atoms with van der Waals surface area (Å²) in [5, 5.41) is 19.3. The van der Waals surface area contributed by atoms with Crippen molar-refractivity contribution < 1.29 is 32.2 Å². The zero-order chi connectivity index (χ0) is 26.7. The minimum Gasteiger partial charge on any atom is -0.350 e. The third kappa shape index (κ3) is 5.66. The molecule has 4 aromatic rings. The predicted octanol–water partition coefficient (Wildman–Crippen LogP) is 3.21. The van der Waals surface area contributed by atoms with E-state index in [2.05, 4.69) is 25.8 Å². The summed E-state index contributed by atoms with van der Waals surface area (Å²) in [6.45, 7) is -0.633. The van der Waals surface area contributed by atoms with Gasteiger partial charge in [0.1, 0.15) is 0 Å². The molecular weight excluding hydrogens is 523 g/mol. The van der Waals surface area contributed by atoms with Gasteiger partial charge < -0.3 is 19.7 Å². The first-order chi connectivity index (χ1) is 17.5. The maximum atomic E-state index is 13.5. The minimum atomic E-state index is -4.73. The molecule has 0 fully saturated rings. The molecule has 0 saturated heterocycles. The summed E-state index contributed by atoms with van der Waals surface area (Å²) in [5.41, 5.74) is -0.106.